The lowest BCUT2D eigenvalue weighted by molar-refractivity contribution is 0.0949. The Balaban J connectivity index is 2.73. The van der Waals surface area contributed by atoms with Crippen molar-refractivity contribution in [3.63, 3.8) is 0 Å². The number of hydrogen-bond acceptors (Lipinski definition) is 5. The van der Waals surface area contributed by atoms with E-state index in [0.717, 1.165) is 0 Å². The summed E-state index contributed by atoms with van der Waals surface area (Å²) in [6.45, 7) is 0.159. The van der Waals surface area contributed by atoms with E-state index in [0.29, 0.717) is 10.6 Å². The van der Waals surface area contributed by atoms with Gasteiger partial charge in [-0.3, -0.25) is 9.80 Å². The molecule has 1 rings (SSSR count). The lowest BCUT2D eigenvalue weighted by Gasteiger charge is -2.02. The van der Waals surface area contributed by atoms with Gasteiger partial charge in [-0.1, -0.05) is 5.22 Å². The maximum atomic E-state index is 11.6. The van der Waals surface area contributed by atoms with Crippen molar-refractivity contribution in [1.29, 1.82) is 0 Å². The third kappa shape index (κ3) is 3.59. The van der Waals surface area contributed by atoms with Gasteiger partial charge in [0.2, 0.25) is 0 Å². The van der Waals surface area contributed by atoms with Crippen LogP contribution < -0.4 is 5.32 Å². The molecule has 1 aromatic heterocycles. The number of thiophene rings is 1. The molecule has 16 heavy (non-hydrogen) atoms. The van der Waals surface area contributed by atoms with Crippen molar-refractivity contribution in [3.05, 3.63) is 16.3 Å². The Kier molecular flexibility index (Phi) is 4.87. The topological polar surface area (TPSA) is 77.3 Å². The summed E-state index contributed by atoms with van der Waals surface area (Å²) in [7, 11) is 3.50. The number of aliphatic hydroxyl groups excluding tert-OH is 1. The second-order valence-electron chi connectivity index (χ2n) is 3.15. The number of carbonyl (C=O) groups is 1. The van der Waals surface area contributed by atoms with Crippen LogP contribution in [0, 0.1) is 0 Å². The number of aliphatic hydroxyl groups is 1. The van der Waals surface area contributed by atoms with E-state index in [1.807, 2.05) is 0 Å². The number of amides is 1. The van der Waals surface area contributed by atoms with Gasteiger partial charge >= 0.3 is 0 Å². The summed E-state index contributed by atoms with van der Waals surface area (Å²) in [5, 5.41) is 22.3. The zero-order chi connectivity index (χ0) is 12.0. The van der Waals surface area contributed by atoms with E-state index in [2.05, 4.69) is 15.7 Å². The van der Waals surface area contributed by atoms with Crippen molar-refractivity contribution < 1.29 is 9.90 Å². The van der Waals surface area contributed by atoms with E-state index in [4.69, 9.17) is 5.11 Å². The van der Waals surface area contributed by atoms with Crippen molar-refractivity contribution in [1.82, 2.24) is 10.3 Å². The molecule has 88 valence electrons. The van der Waals surface area contributed by atoms with E-state index in [1.165, 1.54) is 11.3 Å². The van der Waals surface area contributed by atoms with Crippen LogP contribution in [0.1, 0.15) is 9.67 Å². The van der Waals surface area contributed by atoms with Crippen LogP contribution in [0.3, 0.4) is 0 Å². The first kappa shape index (κ1) is 12.6. The zero-order valence-corrected chi connectivity index (χ0v) is 9.99. The average Bonchev–Trinajstić information content (AvgIpc) is 2.71. The molecule has 0 bridgehead atoms. The molecule has 2 N–H and O–H groups in total. The van der Waals surface area contributed by atoms with Crippen molar-refractivity contribution >= 4 is 22.9 Å². The van der Waals surface area contributed by atoms with Gasteiger partial charge in [-0.2, -0.15) is 0 Å². The molecule has 0 aromatic carbocycles. The highest BCUT2D eigenvalue weighted by Crippen LogP contribution is 2.25. The van der Waals surface area contributed by atoms with Crippen molar-refractivity contribution in [3.8, 4) is 0 Å². The van der Waals surface area contributed by atoms with Crippen LogP contribution in [0.5, 0.6) is 0 Å². The Morgan fingerprint density at radius 2 is 2.38 bits per heavy atom. The molecule has 0 fully saturated rings. The monoisotopic (exact) mass is 242 g/mol. The molecular formula is C9H14N4O2S. The minimum Gasteiger partial charge on any atom is -0.395 e. The number of rotatable bonds is 5. The summed E-state index contributed by atoms with van der Waals surface area (Å²) in [6, 6.07) is 1.73. The summed E-state index contributed by atoms with van der Waals surface area (Å²) in [5.41, 5.74) is 0.536. The van der Waals surface area contributed by atoms with Crippen LogP contribution in [0.25, 0.3) is 0 Å². The van der Waals surface area contributed by atoms with E-state index in [-0.39, 0.29) is 19.1 Å². The van der Waals surface area contributed by atoms with E-state index >= 15 is 0 Å². The third-order valence-corrected chi connectivity index (χ3v) is 2.48. The summed E-state index contributed by atoms with van der Waals surface area (Å²) in [5.74, 6) is -0.239. The highest BCUT2D eigenvalue weighted by molar-refractivity contribution is 7.12. The molecule has 0 radical (unpaired) electrons. The van der Waals surface area contributed by atoms with Crippen LogP contribution in [0.15, 0.2) is 21.8 Å². The number of nitrogens with zero attached hydrogens (tertiary/aromatic N) is 3. The second kappa shape index (κ2) is 6.19. The van der Waals surface area contributed by atoms with Gasteiger partial charge < -0.3 is 10.4 Å². The Hall–Kier alpha value is -1.47. The predicted octanol–water partition coefficient (Wildman–Crippen LogP) is 1.03. The van der Waals surface area contributed by atoms with Gasteiger partial charge in [0.1, 0.15) is 10.6 Å². The molecular weight excluding hydrogens is 228 g/mol. The smallest absolute Gasteiger partial charge is 0.263 e. The summed E-state index contributed by atoms with van der Waals surface area (Å²) >= 11 is 1.29. The molecule has 1 amide bonds. The van der Waals surface area contributed by atoms with Crippen LogP contribution in [0.2, 0.25) is 0 Å². The van der Waals surface area contributed by atoms with Gasteiger partial charge in [0.25, 0.3) is 5.91 Å². The molecule has 7 heteroatoms. The normalized spacial score (nSPS) is 10.7. The van der Waals surface area contributed by atoms with Crippen LogP contribution in [-0.4, -0.2) is 43.3 Å². The first-order chi connectivity index (χ1) is 7.65. The first-order valence-electron chi connectivity index (χ1n) is 4.70. The van der Waals surface area contributed by atoms with Gasteiger partial charge in [0.15, 0.2) is 0 Å². The molecule has 0 aliphatic heterocycles. The van der Waals surface area contributed by atoms with E-state index in [1.54, 1.807) is 30.6 Å². The molecule has 0 spiro atoms. The molecule has 6 nitrogen and oxygen atoms in total. The van der Waals surface area contributed by atoms with Crippen molar-refractivity contribution in [2.45, 2.75) is 0 Å². The standard InChI is InChI=1S/C9H14N4O2S/c1-13(2)12-11-7-3-6-16-8(7)9(15)10-4-5-14/h3,6,14H,4-5H2,1-2H3,(H,10,15)/b12-11+. The van der Waals surface area contributed by atoms with Crippen LogP contribution in [0.4, 0.5) is 5.69 Å². The summed E-state index contributed by atoms with van der Waals surface area (Å²) in [4.78, 5) is 12.1. The maximum absolute atomic E-state index is 11.6. The average molecular weight is 242 g/mol. The highest BCUT2D eigenvalue weighted by Gasteiger charge is 2.12. The number of carbonyl (C=O) groups excluding carboxylic acids is 1. The van der Waals surface area contributed by atoms with Gasteiger partial charge in [0.05, 0.1) is 6.61 Å². The Morgan fingerprint density at radius 1 is 1.62 bits per heavy atom. The lowest BCUT2D eigenvalue weighted by atomic mass is 10.4. The lowest BCUT2D eigenvalue weighted by Crippen LogP contribution is -2.25. The molecule has 0 saturated heterocycles. The Labute approximate surface area is 97.6 Å². The number of nitrogens with one attached hydrogen (secondary N) is 1. The predicted molar refractivity (Wildman–Crippen MR) is 61.9 cm³/mol. The van der Waals surface area contributed by atoms with Crippen molar-refractivity contribution in [2.75, 3.05) is 27.2 Å². The fourth-order valence-corrected chi connectivity index (χ4v) is 1.68. The Bertz CT molecular complexity index is 375. The van der Waals surface area contributed by atoms with Crippen LogP contribution >= 0.6 is 11.3 Å². The molecule has 1 heterocycles. The molecule has 1 aromatic rings. The highest BCUT2D eigenvalue weighted by atomic mass is 32.1. The molecule has 0 aliphatic carbocycles. The van der Waals surface area contributed by atoms with E-state index in [9.17, 15) is 4.79 Å². The third-order valence-electron chi connectivity index (χ3n) is 1.58. The van der Waals surface area contributed by atoms with Gasteiger partial charge in [0, 0.05) is 20.6 Å². The van der Waals surface area contributed by atoms with Crippen molar-refractivity contribution in [2.24, 2.45) is 10.3 Å². The van der Waals surface area contributed by atoms with Gasteiger partial charge in [-0.05, 0) is 11.4 Å². The Morgan fingerprint density at radius 3 is 3.00 bits per heavy atom. The van der Waals surface area contributed by atoms with E-state index < -0.39 is 0 Å². The number of hydrogen-bond donors (Lipinski definition) is 2. The SMILES string of the molecule is CN(C)/N=N/c1ccsc1C(=O)NCCO. The second-order valence-corrected chi connectivity index (χ2v) is 4.07. The first-order valence-corrected chi connectivity index (χ1v) is 5.58. The minimum atomic E-state index is -0.239. The van der Waals surface area contributed by atoms with Gasteiger partial charge in [-0.15, -0.1) is 16.5 Å². The minimum absolute atomic E-state index is 0.0777. The fraction of sp³-hybridized carbons (Fsp3) is 0.444. The van der Waals surface area contributed by atoms with Gasteiger partial charge in [-0.25, -0.2) is 0 Å². The largest absolute Gasteiger partial charge is 0.395 e. The molecule has 0 aliphatic rings. The zero-order valence-electron chi connectivity index (χ0n) is 9.17. The molecule has 0 atom stereocenters. The summed E-state index contributed by atoms with van der Waals surface area (Å²) in [6.07, 6.45) is 0. The fourth-order valence-electron chi connectivity index (χ4n) is 0.938. The summed E-state index contributed by atoms with van der Waals surface area (Å²) < 4.78 is 0. The van der Waals surface area contributed by atoms with Crippen LogP contribution in [-0.2, 0) is 0 Å². The quantitative estimate of drug-likeness (QED) is 0.598. The maximum Gasteiger partial charge on any atom is 0.263 e. The molecule has 0 unspecified atom stereocenters. The molecule has 0 saturated carbocycles.